The Hall–Kier alpha value is -0.890. The van der Waals surface area contributed by atoms with Crippen molar-refractivity contribution in [3.63, 3.8) is 0 Å². The molecule has 0 aromatic carbocycles. The van der Waals surface area contributed by atoms with Crippen LogP contribution in [0.1, 0.15) is 5.69 Å². The van der Waals surface area contributed by atoms with Crippen LogP contribution in [0.15, 0.2) is 11.1 Å². The van der Waals surface area contributed by atoms with E-state index in [9.17, 15) is 14.7 Å². The number of rotatable bonds is 4. The van der Waals surface area contributed by atoms with Gasteiger partial charge in [-0.2, -0.15) is 0 Å². The molecule has 0 saturated heterocycles. The summed E-state index contributed by atoms with van der Waals surface area (Å²) in [7, 11) is 2.71. The van der Waals surface area contributed by atoms with Gasteiger partial charge in [0.25, 0.3) is 0 Å². The van der Waals surface area contributed by atoms with E-state index in [1.807, 2.05) is 0 Å². The van der Waals surface area contributed by atoms with Gasteiger partial charge in [-0.15, -0.1) is 11.3 Å². The molecule has 1 rings (SSSR count). The second kappa shape index (κ2) is 7.44. The van der Waals surface area contributed by atoms with Crippen molar-refractivity contribution in [1.29, 1.82) is 0 Å². The largest absolute Gasteiger partial charge is 1.00 e. The third-order valence-corrected chi connectivity index (χ3v) is 2.62. The van der Waals surface area contributed by atoms with Crippen molar-refractivity contribution in [3.8, 4) is 0 Å². The Kier molecular flexibility index (Phi) is 7.05. The molecule has 0 aliphatic rings. The number of carbonyl (C=O) groups excluding carboxylic acids is 2. The van der Waals surface area contributed by atoms with Crippen LogP contribution in [0.4, 0.5) is 5.00 Å². The minimum Gasteiger partial charge on any atom is -0.870 e. The van der Waals surface area contributed by atoms with Gasteiger partial charge >= 0.3 is 35.5 Å². The molecule has 1 aromatic rings. The number of esters is 1. The maximum atomic E-state index is 11.8. The molecule has 1 aromatic heterocycles. The number of thiazole rings is 1. The number of hydrogen-bond acceptors (Lipinski definition) is 7. The first-order valence-corrected chi connectivity index (χ1v) is 5.10. The first kappa shape index (κ1) is 16.1. The molecule has 86 valence electrons. The number of anilines is 1. The van der Waals surface area contributed by atoms with E-state index in [0.29, 0.717) is 5.00 Å². The summed E-state index contributed by atoms with van der Waals surface area (Å²) in [6, 6.07) is 0. The van der Waals surface area contributed by atoms with Crippen LogP contribution in [-0.4, -0.2) is 31.4 Å². The van der Waals surface area contributed by atoms with E-state index in [1.54, 1.807) is 7.05 Å². The Morgan fingerprint density at radius 3 is 2.76 bits per heavy atom. The third-order valence-electron chi connectivity index (χ3n) is 1.78. The van der Waals surface area contributed by atoms with Crippen LogP contribution >= 0.6 is 11.3 Å². The van der Waals surface area contributed by atoms with Crippen molar-refractivity contribution in [2.24, 2.45) is 0 Å². The second-order valence-corrected chi connectivity index (χ2v) is 3.49. The van der Waals surface area contributed by atoms with Crippen LogP contribution in [0.3, 0.4) is 0 Å². The fourth-order valence-electron chi connectivity index (χ4n) is 1.02. The number of nitrogens with zero attached hydrogens (tertiary/aromatic N) is 1. The average molecular weight is 264 g/mol. The second-order valence-electron chi connectivity index (χ2n) is 2.63. The molecule has 0 amide bonds. The van der Waals surface area contributed by atoms with E-state index in [1.165, 1.54) is 16.8 Å². The Labute approximate surface area is 124 Å². The van der Waals surface area contributed by atoms with Crippen LogP contribution in [0.25, 0.3) is 5.76 Å². The predicted molar refractivity (Wildman–Crippen MR) is 56.7 cm³/mol. The van der Waals surface area contributed by atoms with Crippen LogP contribution in [0, 0.1) is 0 Å². The first-order chi connectivity index (χ1) is 7.65. The summed E-state index contributed by atoms with van der Waals surface area (Å²) in [6.07, 6.45) is 0.174. The number of aldehydes is 1. The van der Waals surface area contributed by atoms with Crippen molar-refractivity contribution in [1.82, 2.24) is 4.98 Å². The molecular formula is C9H9N2NaO4S. The molecule has 1 N–H and O–H groups in total. The van der Waals surface area contributed by atoms with Crippen molar-refractivity contribution in [2.75, 3.05) is 19.5 Å². The van der Waals surface area contributed by atoms with E-state index in [4.69, 9.17) is 0 Å². The molecule has 0 aliphatic heterocycles. The maximum Gasteiger partial charge on any atom is 1.00 e. The molecule has 17 heavy (non-hydrogen) atoms. The zero-order chi connectivity index (χ0) is 12.1. The quantitative estimate of drug-likeness (QED) is 0.116. The molecule has 0 radical (unpaired) electrons. The Morgan fingerprint density at radius 1 is 1.65 bits per heavy atom. The summed E-state index contributed by atoms with van der Waals surface area (Å²) in [5, 5.41) is 15.0. The fraction of sp³-hybridized carbons (Fsp3) is 0.222. The SMILES string of the molecule is CNc1scnc1/C([O-])=C(\C=O)C(=O)OC.[Na+]. The van der Waals surface area contributed by atoms with E-state index < -0.39 is 17.3 Å². The standard InChI is InChI=1S/C9H10N2O4S.Na/c1-10-8-6(11-4-16-8)7(13)5(3-12)9(14)15-2;/h3-4,10,13H,1-2H3;/q;+1/p-1/b7-5-;. The molecule has 1 heterocycles. The number of methoxy groups -OCH3 is 1. The topological polar surface area (TPSA) is 91.4 Å². The monoisotopic (exact) mass is 264 g/mol. The normalized spacial score (nSPS) is 10.9. The Bertz CT molecular complexity index is 444. The molecule has 0 unspecified atom stereocenters. The van der Waals surface area contributed by atoms with Gasteiger partial charge in [-0.1, -0.05) is 5.76 Å². The maximum absolute atomic E-state index is 11.8. The van der Waals surface area contributed by atoms with Crippen molar-refractivity contribution in [3.05, 3.63) is 16.8 Å². The van der Waals surface area contributed by atoms with Gasteiger partial charge in [0.1, 0.15) is 5.00 Å². The number of hydrogen-bond donors (Lipinski definition) is 1. The third kappa shape index (κ3) is 3.53. The van der Waals surface area contributed by atoms with E-state index in [2.05, 4.69) is 15.0 Å². The predicted octanol–water partition coefficient (Wildman–Crippen LogP) is -3.37. The summed E-state index contributed by atoms with van der Waals surface area (Å²) >= 11 is 1.20. The molecular weight excluding hydrogens is 255 g/mol. The molecule has 0 spiro atoms. The summed E-state index contributed by atoms with van der Waals surface area (Å²) in [5.74, 6) is -1.71. The molecule has 0 atom stereocenters. The van der Waals surface area contributed by atoms with Crippen LogP contribution in [-0.2, 0) is 14.3 Å². The summed E-state index contributed by atoms with van der Waals surface area (Å²) in [5.41, 5.74) is 0.920. The summed E-state index contributed by atoms with van der Waals surface area (Å²) < 4.78 is 4.32. The van der Waals surface area contributed by atoms with Gasteiger partial charge in [-0.25, -0.2) is 9.78 Å². The molecule has 0 bridgehead atoms. The van der Waals surface area contributed by atoms with Gasteiger partial charge in [-0.05, 0) is 0 Å². The van der Waals surface area contributed by atoms with Gasteiger partial charge in [0.05, 0.1) is 23.9 Å². The fourth-order valence-corrected chi connectivity index (χ4v) is 1.66. The van der Waals surface area contributed by atoms with Gasteiger partial charge in [0.15, 0.2) is 6.29 Å². The molecule has 6 nitrogen and oxygen atoms in total. The van der Waals surface area contributed by atoms with E-state index in [-0.39, 0.29) is 41.5 Å². The Morgan fingerprint density at radius 2 is 2.29 bits per heavy atom. The van der Waals surface area contributed by atoms with Crippen molar-refractivity contribution >= 4 is 34.4 Å². The number of carbonyl (C=O) groups is 2. The zero-order valence-electron chi connectivity index (χ0n) is 9.64. The van der Waals surface area contributed by atoms with Gasteiger partial charge in [0, 0.05) is 7.05 Å². The van der Waals surface area contributed by atoms with Gasteiger partial charge in [0.2, 0.25) is 0 Å². The Balaban J connectivity index is 0.00000256. The zero-order valence-corrected chi connectivity index (χ0v) is 12.5. The van der Waals surface area contributed by atoms with E-state index >= 15 is 0 Å². The van der Waals surface area contributed by atoms with Gasteiger partial charge in [-0.3, -0.25) is 4.79 Å². The van der Waals surface area contributed by atoms with Gasteiger partial charge < -0.3 is 15.2 Å². The minimum atomic E-state index is -0.963. The minimum absolute atomic E-state index is 0. The molecule has 8 heteroatoms. The van der Waals surface area contributed by atoms with E-state index in [0.717, 1.165) is 7.11 Å². The molecule has 0 aliphatic carbocycles. The molecule has 0 fully saturated rings. The number of aromatic nitrogens is 1. The van der Waals surface area contributed by atoms with Crippen LogP contribution in [0.2, 0.25) is 0 Å². The first-order valence-electron chi connectivity index (χ1n) is 4.22. The smallest absolute Gasteiger partial charge is 0.870 e. The van der Waals surface area contributed by atoms with Crippen molar-refractivity contribution < 1.29 is 49.0 Å². The number of ether oxygens (including phenoxy) is 1. The average Bonchev–Trinajstić information content (AvgIpc) is 2.77. The van der Waals surface area contributed by atoms with Crippen molar-refractivity contribution in [2.45, 2.75) is 0 Å². The number of nitrogens with one attached hydrogen (secondary N) is 1. The van der Waals surface area contributed by atoms with Crippen LogP contribution in [0.5, 0.6) is 0 Å². The summed E-state index contributed by atoms with van der Waals surface area (Å²) in [6.45, 7) is 0. The van der Waals surface area contributed by atoms with Crippen LogP contribution < -0.4 is 40.0 Å². The summed E-state index contributed by atoms with van der Waals surface area (Å²) in [4.78, 5) is 25.6. The molecule has 0 saturated carbocycles.